The number of imidazole rings is 1. The van der Waals surface area contributed by atoms with Crippen molar-refractivity contribution in [2.45, 2.75) is 6.54 Å². The molecule has 0 unspecified atom stereocenters. The van der Waals surface area contributed by atoms with E-state index in [1.165, 1.54) is 10.6 Å². The summed E-state index contributed by atoms with van der Waals surface area (Å²) in [4.78, 5) is 19.3. The lowest BCUT2D eigenvalue weighted by Gasteiger charge is -2.07. The van der Waals surface area contributed by atoms with Crippen molar-refractivity contribution < 1.29 is 0 Å². The summed E-state index contributed by atoms with van der Waals surface area (Å²) in [6.07, 6.45) is 5.90. The molecule has 0 aliphatic carbocycles. The molecule has 2 heterocycles. The van der Waals surface area contributed by atoms with Crippen LogP contribution in [0.1, 0.15) is 5.82 Å². The molecule has 1 radical (unpaired) electrons. The Morgan fingerprint density at radius 2 is 2.40 bits per heavy atom. The van der Waals surface area contributed by atoms with E-state index in [2.05, 4.69) is 16.2 Å². The molecule has 2 aromatic rings. The number of aromatic nitrogens is 4. The molecule has 77 valence electrons. The Labute approximate surface area is 86.0 Å². The second-order valence-corrected chi connectivity index (χ2v) is 3.12. The molecule has 0 amide bonds. The fourth-order valence-corrected chi connectivity index (χ4v) is 1.25. The molecule has 2 rings (SSSR count). The van der Waals surface area contributed by atoms with E-state index in [0.29, 0.717) is 6.54 Å². The summed E-state index contributed by atoms with van der Waals surface area (Å²) in [7, 11) is 1.85. The third-order valence-corrected chi connectivity index (χ3v) is 2.13. The topological polar surface area (TPSA) is 78.7 Å². The van der Waals surface area contributed by atoms with Crippen molar-refractivity contribution in [3.63, 3.8) is 0 Å². The van der Waals surface area contributed by atoms with Gasteiger partial charge in [0.2, 0.25) is 5.95 Å². The number of anilines is 1. The summed E-state index contributed by atoms with van der Waals surface area (Å²) in [5.74, 6) is 0.891. The Balaban J connectivity index is 2.41. The maximum atomic E-state index is 11.5. The summed E-state index contributed by atoms with van der Waals surface area (Å²) < 4.78 is 3.17. The van der Waals surface area contributed by atoms with Gasteiger partial charge in [0.25, 0.3) is 5.56 Å². The first-order valence-electron chi connectivity index (χ1n) is 4.38. The second-order valence-electron chi connectivity index (χ2n) is 3.12. The summed E-state index contributed by atoms with van der Waals surface area (Å²) in [6, 6.07) is 1.25. The first-order valence-corrected chi connectivity index (χ1v) is 4.38. The van der Waals surface area contributed by atoms with E-state index in [1.54, 1.807) is 12.4 Å². The normalized spacial score (nSPS) is 10.5. The predicted octanol–water partition coefficient (Wildman–Crippen LogP) is -0.593. The highest BCUT2D eigenvalue weighted by Gasteiger charge is 2.05. The molecular formula is C9H10N5O. The van der Waals surface area contributed by atoms with Gasteiger partial charge in [0.15, 0.2) is 0 Å². The van der Waals surface area contributed by atoms with Crippen molar-refractivity contribution in [1.29, 1.82) is 0 Å². The zero-order valence-corrected chi connectivity index (χ0v) is 8.21. The number of aryl methyl sites for hydroxylation is 1. The lowest BCUT2D eigenvalue weighted by atomic mass is 10.5. The highest BCUT2D eigenvalue weighted by molar-refractivity contribution is 5.16. The Hall–Kier alpha value is -2.11. The van der Waals surface area contributed by atoms with Crippen LogP contribution in [-0.4, -0.2) is 19.1 Å². The molecule has 0 aliphatic heterocycles. The van der Waals surface area contributed by atoms with Gasteiger partial charge in [-0.2, -0.15) is 0 Å². The van der Waals surface area contributed by atoms with Crippen molar-refractivity contribution in [2.24, 2.45) is 7.05 Å². The second kappa shape index (κ2) is 3.56. The molecular weight excluding hydrogens is 194 g/mol. The van der Waals surface area contributed by atoms with Crippen LogP contribution < -0.4 is 11.3 Å². The zero-order chi connectivity index (χ0) is 10.8. The van der Waals surface area contributed by atoms with Gasteiger partial charge in [-0.3, -0.25) is 9.36 Å². The third kappa shape index (κ3) is 1.74. The van der Waals surface area contributed by atoms with E-state index in [9.17, 15) is 4.79 Å². The Morgan fingerprint density at radius 1 is 1.60 bits per heavy atom. The number of nitrogens with two attached hydrogens (primary N) is 1. The van der Waals surface area contributed by atoms with Gasteiger partial charge >= 0.3 is 0 Å². The van der Waals surface area contributed by atoms with Crippen molar-refractivity contribution >= 4 is 5.95 Å². The van der Waals surface area contributed by atoms with Crippen molar-refractivity contribution in [3.05, 3.63) is 40.8 Å². The summed E-state index contributed by atoms with van der Waals surface area (Å²) in [5, 5.41) is 0. The highest BCUT2D eigenvalue weighted by Crippen LogP contribution is 1.99. The van der Waals surface area contributed by atoms with Crippen LogP contribution in [0, 0.1) is 6.20 Å². The number of hydrogen-bond donors (Lipinski definition) is 1. The van der Waals surface area contributed by atoms with Gasteiger partial charge in [0, 0.05) is 25.5 Å². The van der Waals surface area contributed by atoms with Gasteiger partial charge in [-0.1, -0.05) is 0 Å². The molecule has 0 aromatic carbocycles. The summed E-state index contributed by atoms with van der Waals surface area (Å²) >= 11 is 0. The first kappa shape index (κ1) is 9.45. The van der Waals surface area contributed by atoms with Crippen LogP contribution in [0.4, 0.5) is 5.95 Å². The van der Waals surface area contributed by atoms with E-state index in [4.69, 9.17) is 5.73 Å². The molecule has 0 spiro atoms. The molecule has 0 atom stereocenters. The van der Waals surface area contributed by atoms with E-state index in [-0.39, 0.29) is 11.5 Å². The standard InChI is InChI=1S/C9H10N5O/c1-13-5-4-11-7(13)6-14-8(15)2-3-12-9(14)10/h2,4-5H,6H2,1H3,(H2,10,12). The van der Waals surface area contributed by atoms with Gasteiger partial charge in [-0.15, -0.1) is 0 Å². The first-order chi connectivity index (χ1) is 7.18. The Bertz CT molecular complexity index is 527. The van der Waals surface area contributed by atoms with Gasteiger partial charge in [0.05, 0.1) is 12.7 Å². The average Bonchev–Trinajstić information content (AvgIpc) is 2.58. The van der Waals surface area contributed by atoms with E-state index >= 15 is 0 Å². The van der Waals surface area contributed by atoms with Crippen LogP contribution in [0.15, 0.2) is 23.3 Å². The maximum Gasteiger partial charge on any atom is 0.255 e. The van der Waals surface area contributed by atoms with E-state index < -0.39 is 0 Å². The summed E-state index contributed by atoms with van der Waals surface area (Å²) in [5.41, 5.74) is 5.34. The minimum atomic E-state index is -0.231. The fraction of sp³-hybridized carbons (Fsp3) is 0.222. The molecule has 0 aliphatic rings. The highest BCUT2D eigenvalue weighted by atomic mass is 16.1. The van der Waals surface area contributed by atoms with E-state index in [0.717, 1.165) is 5.82 Å². The van der Waals surface area contributed by atoms with Gasteiger partial charge in [-0.05, 0) is 0 Å². The van der Waals surface area contributed by atoms with Gasteiger partial charge in [-0.25, -0.2) is 9.97 Å². The maximum absolute atomic E-state index is 11.5. The SMILES string of the molecule is Cn1ccnc1Cn1c(N)n[c]cc1=O. The minimum Gasteiger partial charge on any atom is -0.369 e. The molecule has 0 saturated carbocycles. The molecule has 0 bridgehead atoms. The third-order valence-electron chi connectivity index (χ3n) is 2.13. The van der Waals surface area contributed by atoms with Crippen molar-refractivity contribution in [2.75, 3.05) is 5.73 Å². The minimum absolute atomic E-state index is 0.144. The molecule has 6 nitrogen and oxygen atoms in total. The fourth-order valence-electron chi connectivity index (χ4n) is 1.25. The van der Waals surface area contributed by atoms with E-state index in [1.807, 2.05) is 11.6 Å². The number of nitrogen functional groups attached to an aromatic ring is 1. The largest absolute Gasteiger partial charge is 0.369 e. The van der Waals surface area contributed by atoms with Crippen LogP contribution in [-0.2, 0) is 13.6 Å². The lowest BCUT2D eigenvalue weighted by molar-refractivity contribution is 0.676. The predicted molar refractivity (Wildman–Crippen MR) is 54.1 cm³/mol. The van der Waals surface area contributed by atoms with Gasteiger partial charge in [0.1, 0.15) is 5.82 Å². The average molecular weight is 204 g/mol. The van der Waals surface area contributed by atoms with Crippen molar-refractivity contribution in [3.8, 4) is 0 Å². The molecule has 0 saturated heterocycles. The molecule has 2 N–H and O–H groups in total. The number of hydrogen-bond acceptors (Lipinski definition) is 4. The van der Waals surface area contributed by atoms with Crippen molar-refractivity contribution in [1.82, 2.24) is 19.1 Å². The monoisotopic (exact) mass is 204 g/mol. The number of nitrogens with zero attached hydrogens (tertiary/aromatic N) is 4. The summed E-state index contributed by atoms with van der Waals surface area (Å²) in [6.45, 7) is 0.315. The molecule has 0 fully saturated rings. The Kier molecular flexibility index (Phi) is 2.24. The quantitative estimate of drug-likeness (QED) is 0.709. The van der Waals surface area contributed by atoms with Crippen LogP contribution >= 0.6 is 0 Å². The zero-order valence-electron chi connectivity index (χ0n) is 8.21. The van der Waals surface area contributed by atoms with Crippen LogP contribution in [0.25, 0.3) is 0 Å². The smallest absolute Gasteiger partial charge is 0.255 e. The lowest BCUT2D eigenvalue weighted by Crippen LogP contribution is -2.24. The Morgan fingerprint density at radius 3 is 3.00 bits per heavy atom. The van der Waals surface area contributed by atoms with Gasteiger partial charge < -0.3 is 10.3 Å². The molecule has 15 heavy (non-hydrogen) atoms. The van der Waals surface area contributed by atoms with Crippen LogP contribution in [0.3, 0.4) is 0 Å². The molecule has 2 aromatic heterocycles. The van der Waals surface area contributed by atoms with Crippen LogP contribution in [0.2, 0.25) is 0 Å². The molecule has 6 heteroatoms. The van der Waals surface area contributed by atoms with Crippen LogP contribution in [0.5, 0.6) is 0 Å². The number of rotatable bonds is 2.